The molecule has 3 aromatic rings. The Balaban J connectivity index is 1.50. The molecule has 5 amide bonds. The Hall–Kier alpha value is -5.57. The van der Waals surface area contributed by atoms with Gasteiger partial charge in [0.1, 0.15) is 24.2 Å². The van der Waals surface area contributed by atoms with E-state index in [-0.39, 0.29) is 31.7 Å². The quantitative estimate of drug-likeness (QED) is 0.0614. The largest absolute Gasteiger partial charge is 0.480 e. The van der Waals surface area contributed by atoms with E-state index in [4.69, 9.17) is 16.2 Å². The molecule has 0 bridgehead atoms. The minimum atomic E-state index is -1.41. The van der Waals surface area contributed by atoms with Crippen molar-refractivity contribution in [2.45, 2.75) is 108 Å². The van der Waals surface area contributed by atoms with Crippen molar-refractivity contribution >= 4 is 40.6 Å². The Morgan fingerprint density at radius 2 is 1.72 bits per heavy atom. The number of aliphatic hydroxyl groups excluding tert-OH is 1. The van der Waals surface area contributed by atoms with Crippen LogP contribution in [0.25, 0.3) is 10.9 Å². The number of carbonyl (C=O) groups excluding carboxylic acids is 4. The number of carbonyl (C=O) groups is 5. The molecule has 0 spiro atoms. The van der Waals surface area contributed by atoms with Crippen LogP contribution in [0, 0.1) is 5.92 Å². The predicted octanol–water partition coefficient (Wildman–Crippen LogP) is -1.02. The number of unbranched alkanes of at least 4 members (excludes halogenated alkanes) is 1. The number of nitrogens with zero attached hydrogens (tertiary/aromatic N) is 2. The molecule has 2 aromatic heterocycles. The number of carboxylic acid groups (broad SMARTS) is 1. The number of aliphatic hydroxyl groups is 1. The monoisotopic (exact) mass is 812 g/mol. The van der Waals surface area contributed by atoms with Gasteiger partial charge in [0.25, 0.3) is 5.56 Å². The van der Waals surface area contributed by atoms with E-state index in [1.807, 2.05) is 38.1 Å². The first kappa shape index (κ1) is 45.1. The fraction of sp³-hybridized carbons (Fsp3) is 0.553. The van der Waals surface area contributed by atoms with Crippen LogP contribution < -0.4 is 44.0 Å². The molecule has 20 heteroatoms. The lowest BCUT2D eigenvalue weighted by molar-refractivity contribution is -0.139. The number of ether oxygens (including phenoxy) is 1. The van der Waals surface area contributed by atoms with Gasteiger partial charge in [-0.05, 0) is 50.3 Å². The smallest absolute Gasteiger partial charge is 0.330 e. The van der Waals surface area contributed by atoms with Crippen LogP contribution in [0.5, 0.6) is 0 Å². The van der Waals surface area contributed by atoms with Crippen molar-refractivity contribution in [2.24, 2.45) is 17.4 Å². The third-order valence-corrected chi connectivity index (χ3v) is 10.1. The molecule has 1 fully saturated rings. The minimum absolute atomic E-state index is 0.00622. The van der Waals surface area contributed by atoms with E-state index in [0.29, 0.717) is 31.4 Å². The number of hydrogen-bond acceptors (Lipinski definition) is 11. The van der Waals surface area contributed by atoms with Crippen molar-refractivity contribution in [3.63, 3.8) is 0 Å². The first-order valence-corrected chi connectivity index (χ1v) is 19.3. The lowest BCUT2D eigenvalue weighted by Gasteiger charge is -2.34. The van der Waals surface area contributed by atoms with Crippen molar-refractivity contribution in [1.29, 1.82) is 0 Å². The fourth-order valence-corrected chi connectivity index (χ4v) is 6.82. The third-order valence-electron chi connectivity index (χ3n) is 10.1. The van der Waals surface area contributed by atoms with Gasteiger partial charge in [-0.3, -0.25) is 28.7 Å². The number of carboxylic acids is 1. The molecular weight excluding hydrogens is 756 g/mol. The first-order chi connectivity index (χ1) is 27.5. The molecule has 4 rings (SSSR count). The predicted molar refractivity (Wildman–Crippen MR) is 212 cm³/mol. The number of hydrogen-bond donors (Lipinski definition) is 10. The average molecular weight is 813 g/mol. The van der Waals surface area contributed by atoms with E-state index in [9.17, 15) is 43.8 Å². The molecule has 318 valence electrons. The van der Waals surface area contributed by atoms with Gasteiger partial charge in [-0.25, -0.2) is 14.4 Å². The topological polar surface area (TPSA) is 309 Å². The Bertz CT molecular complexity index is 2010. The summed E-state index contributed by atoms with van der Waals surface area (Å²) >= 11 is 0. The Kier molecular flexibility index (Phi) is 16.1. The van der Waals surface area contributed by atoms with Crippen molar-refractivity contribution < 1.29 is 38.9 Å². The standard InChI is InChI=1S/C38H56N10O10/c1-20(2)15-27(43-37(56)44-28(36(54)55)16-22-18-41-26-11-6-5-9-24(22)26)32(51)46-31(21(3)47(4)34(53)25(40)10-7-8-13-39)33(52)42-19-23-17-29(49)35(58-23)48-14-12-30(50)45-38(48)57/h5-6,9,11-12,14,18,20-21,23,25,27-29,31,35,41,49H,7-8,10,13,15-17,19,39-40H2,1-4H3,(H,42,52)(H,46,51)(H,54,55)(H2,43,44,56)(H,45,50,57)/t21-,23+,25-,27-,28-,29+,31-,35+/m0/s1. The van der Waals surface area contributed by atoms with E-state index >= 15 is 0 Å². The number of urea groups is 1. The summed E-state index contributed by atoms with van der Waals surface area (Å²) in [5, 5.41) is 31.8. The van der Waals surface area contributed by atoms with E-state index in [2.05, 4.69) is 31.2 Å². The fourth-order valence-electron chi connectivity index (χ4n) is 6.82. The molecule has 3 heterocycles. The van der Waals surface area contributed by atoms with Crippen LogP contribution in [0.2, 0.25) is 0 Å². The number of para-hydroxylation sites is 1. The summed E-state index contributed by atoms with van der Waals surface area (Å²) in [5.41, 5.74) is 11.8. The SMILES string of the molecule is CC(C)C[C@H](NC(=O)N[C@@H](Cc1c[nH]c2ccccc12)C(=O)O)C(=O)N[C@H](C(=O)NC[C@H]1C[C@@H](O)[C@H](n2ccc(=O)[nH]c2=O)O1)[C@H](C)N(C)C(=O)[C@@H](N)CCCCN. The maximum atomic E-state index is 14.0. The van der Waals surface area contributed by atoms with Crippen LogP contribution >= 0.6 is 0 Å². The molecule has 58 heavy (non-hydrogen) atoms. The minimum Gasteiger partial charge on any atom is -0.480 e. The summed E-state index contributed by atoms with van der Waals surface area (Å²) < 4.78 is 6.87. The van der Waals surface area contributed by atoms with Crippen LogP contribution in [0.4, 0.5) is 4.79 Å². The van der Waals surface area contributed by atoms with Gasteiger partial charge in [-0.1, -0.05) is 38.5 Å². The van der Waals surface area contributed by atoms with Crippen LogP contribution in [0.1, 0.15) is 64.7 Å². The van der Waals surface area contributed by atoms with Gasteiger partial charge in [0.2, 0.25) is 17.7 Å². The molecule has 1 aliphatic rings. The number of aromatic nitrogens is 3. The molecule has 0 radical (unpaired) electrons. The zero-order chi connectivity index (χ0) is 42.7. The summed E-state index contributed by atoms with van der Waals surface area (Å²) in [4.78, 5) is 97.2. The number of amides is 5. The van der Waals surface area contributed by atoms with Crippen molar-refractivity contribution in [3.05, 3.63) is 69.1 Å². The highest BCUT2D eigenvalue weighted by molar-refractivity contribution is 5.93. The van der Waals surface area contributed by atoms with E-state index in [1.54, 1.807) is 13.1 Å². The van der Waals surface area contributed by atoms with Gasteiger partial charge >= 0.3 is 17.7 Å². The van der Waals surface area contributed by atoms with Crippen LogP contribution in [0.15, 0.2) is 52.3 Å². The number of benzene rings is 1. The molecule has 0 saturated carbocycles. The second-order valence-corrected chi connectivity index (χ2v) is 15.0. The lowest BCUT2D eigenvalue weighted by Crippen LogP contribution is -2.63. The Labute approximate surface area is 334 Å². The molecular formula is C38H56N10O10. The van der Waals surface area contributed by atoms with Crippen molar-refractivity contribution in [2.75, 3.05) is 20.1 Å². The number of aliphatic carboxylic acids is 1. The van der Waals surface area contributed by atoms with Crippen LogP contribution in [-0.2, 0) is 30.3 Å². The molecule has 1 saturated heterocycles. The summed E-state index contributed by atoms with van der Waals surface area (Å²) in [5.74, 6) is -3.44. The normalized spacial score (nSPS) is 19.1. The van der Waals surface area contributed by atoms with Gasteiger partial charge in [0.15, 0.2) is 6.23 Å². The summed E-state index contributed by atoms with van der Waals surface area (Å²) in [6, 6.07) is 1.59. The van der Waals surface area contributed by atoms with Gasteiger partial charge in [0, 0.05) is 55.8 Å². The number of aromatic amines is 2. The highest BCUT2D eigenvalue weighted by Gasteiger charge is 2.39. The number of fused-ring (bicyclic) bond motifs is 1. The highest BCUT2D eigenvalue weighted by Crippen LogP contribution is 2.27. The lowest BCUT2D eigenvalue weighted by atomic mass is 10.0. The number of H-pyrrole nitrogens is 2. The maximum Gasteiger partial charge on any atom is 0.330 e. The number of nitrogens with one attached hydrogen (secondary N) is 6. The third kappa shape index (κ3) is 12.0. The molecule has 0 aliphatic carbocycles. The molecule has 0 unspecified atom stereocenters. The second-order valence-electron chi connectivity index (χ2n) is 15.0. The first-order valence-electron chi connectivity index (χ1n) is 19.3. The molecule has 12 N–H and O–H groups in total. The van der Waals surface area contributed by atoms with Crippen LogP contribution in [-0.4, -0.2) is 122 Å². The van der Waals surface area contributed by atoms with Gasteiger partial charge in [0.05, 0.1) is 18.2 Å². The van der Waals surface area contributed by atoms with Gasteiger partial charge in [-0.15, -0.1) is 0 Å². The average Bonchev–Trinajstić information content (AvgIpc) is 3.76. The van der Waals surface area contributed by atoms with E-state index < -0.39 is 89.6 Å². The number of nitrogens with two attached hydrogens (primary N) is 2. The van der Waals surface area contributed by atoms with Gasteiger partial charge < -0.3 is 57.6 Å². The highest BCUT2D eigenvalue weighted by atomic mass is 16.5. The zero-order valence-electron chi connectivity index (χ0n) is 33.1. The number of likely N-dealkylation sites (N-methyl/N-ethyl adjacent to an activating group) is 1. The van der Waals surface area contributed by atoms with Gasteiger partial charge in [-0.2, -0.15) is 0 Å². The zero-order valence-corrected chi connectivity index (χ0v) is 33.1. The maximum absolute atomic E-state index is 14.0. The summed E-state index contributed by atoms with van der Waals surface area (Å²) in [6.45, 7) is 5.42. The molecule has 1 aliphatic heterocycles. The van der Waals surface area contributed by atoms with Crippen molar-refractivity contribution in [1.82, 2.24) is 40.7 Å². The Morgan fingerprint density at radius 3 is 2.40 bits per heavy atom. The van der Waals surface area contributed by atoms with Crippen LogP contribution in [0.3, 0.4) is 0 Å². The van der Waals surface area contributed by atoms with E-state index in [1.165, 1.54) is 18.1 Å². The van der Waals surface area contributed by atoms with E-state index in [0.717, 1.165) is 21.5 Å². The summed E-state index contributed by atoms with van der Waals surface area (Å²) in [7, 11) is 1.45. The molecule has 1 aromatic carbocycles. The summed E-state index contributed by atoms with van der Waals surface area (Å²) in [6.07, 6.45) is 1.39. The molecule has 20 nitrogen and oxygen atoms in total. The Morgan fingerprint density at radius 1 is 1.02 bits per heavy atom. The molecule has 8 atom stereocenters. The number of rotatable bonds is 20. The van der Waals surface area contributed by atoms with Crippen molar-refractivity contribution in [3.8, 4) is 0 Å². The second kappa shape index (κ2) is 20.7.